The summed E-state index contributed by atoms with van der Waals surface area (Å²) in [6, 6.07) is 76.6. The standard InChI is InChI=1S/C54H35NO/c1-4-17-47-36(11-1)14-10-21-48(47)37-25-28-45(29-26-37)55(52-34-42-12-2-5-18-49(42)50-19-6-7-20-51(50)52)46-30-27-40-31-39(23-24-41(40)33-46)38-15-9-16-43(32-38)54-35-44-13-3-8-22-53(44)56-54/h1-35H. The summed E-state index contributed by atoms with van der Waals surface area (Å²) in [4.78, 5) is 2.42. The van der Waals surface area contributed by atoms with Crippen LogP contribution in [0.3, 0.4) is 0 Å². The molecule has 0 unspecified atom stereocenters. The van der Waals surface area contributed by atoms with Crippen molar-refractivity contribution in [3.8, 4) is 33.6 Å². The molecular formula is C54H35NO. The van der Waals surface area contributed by atoms with Crippen molar-refractivity contribution in [2.24, 2.45) is 0 Å². The van der Waals surface area contributed by atoms with Gasteiger partial charge in [-0.3, -0.25) is 0 Å². The number of furan rings is 1. The molecule has 0 saturated carbocycles. The van der Waals surface area contributed by atoms with Gasteiger partial charge < -0.3 is 9.32 Å². The van der Waals surface area contributed by atoms with E-state index in [1.807, 2.05) is 18.2 Å². The van der Waals surface area contributed by atoms with Gasteiger partial charge in [0.15, 0.2) is 0 Å². The maximum Gasteiger partial charge on any atom is 0.135 e. The van der Waals surface area contributed by atoms with E-state index in [0.717, 1.165) is 44.9 Å². The predicted octanol–water partition coefficient (Wildman–Crippen LogP) is 15.5. The van der Waals surface area contributed by atoms with Gasteiger partial charge in [0.2, 0.25) is 0 Å². The number of hydrogen-bond donors (Lipinski definition) is 0. The molecule has 0 bridgehead atoms. The molecule has 0 aliphatic heterocycles. The Bertz CT molecular complexity index is 3220. The molecule has 0 fully saturated rings. The van der Waals surface area contributed by atoms with E-state index in [-0.39, 0.29) is 0 Å². The third-order valence-electron chi connectivity index (χ3n) is 11.2. The van der Waals surface area contributed by atoms with Gasteiger partial charge in [-0.25, -0.2) is 0 Å². The van der Waals surface area contributed by atoms with E-state index in [2.05, 4.69) is 199 Å². The molecule has 2 heteroatoms. The van der Waals surface area contributed by atoms with Crippen molar-refractivity contribution < 1.29 is 4.42 Å². The van der Waals surface area contributed by atoms with Crippen molar-refractivity contribution in [1.29, 1.82) is 0 Å². The fraction of sp³-hybridized carbons (Fsp3) is 0. The Labute approximate surface area is 325 Å². The molecule has 56 heavy (non-hydrogen) atoms. The summed E-state index contributed by atoms with van der Waals surface area (Å²) >= 11 is 0. The lowest BCUT2D eigenvalue weighted by molar-refractivity contribution is 0.631. The maximum absolute atomic E-state index is 6.22. The summed E-state index contributed by atoms with van der Waals surface area (Å²) in [5.74, 6) is 0.880. The van der Waals surface area contributed by atoms with Crippen LogP contribution in [0, 0.1) is 0 Å². The van der Waals surface area contributed by atoms with Crippen LogP contribution < -0.4 is 4.90 Å². The number of hydrogen-bond acceptors (Lipinski definition) is 2. The third kappa shape index (κ3) is 5.51. The molecule has 0 aliphatic carbocycles. The van der Waals surface area contributed by atoms with Crippen molar-refractivity contribution in [1.82, 2.24) is 0 Å². The first kappa shape index (κ1) is 32.0. The highest BCUT2D eigenvalue weighted by molar-refractivity contribution is 6.15. The van der Waals surface area contributed by atoms with E-state index < -0.39 is 0 Å². The van der Waals surface area contributed by atoms with Gasteiger partial charge >= 0.3 is 0 Å². The second kappa shape index (κ2) is 13.2. The molecular weight excluding hydrogens is 679 g/mol. The average molecular weight is 714 g/mol. The first-order chi connectivity index (χ1) is 27.7. The summed E-state index contributed by atoms with van der Waals surface area (Å²) in [6.07, 6.45) is 0. The van der Waals surface area contributed by atoms with Crippen molar-refractivity contribution in [3.05, 3.63) is 212 Å². The van der Waals surface area contributed by atoms with E-state index in [4.69, 9.17) is 4.42 Å². The van der Waals surface area contributed by atoms with Gasteiger partial charge in [0.05, 0.1) is 5.69 Å². The number of rotatable bonds is 6. The molecule has 0 amide bonds. The molecule has 0 spiro atoms. The van der Waals surface area contributed by atoms with Gasteiger partial charge in [0.1, 0.15) is 11.3 Å². The average Bonchev–Trinajstić information content (AvgIpc) is 3.71. The Morgan fingerprint density at radius 3 is 1.77 bits per heavy atom. The number of benzene rings is 10. The molecule has 10 aromatic carbocycles. The van der Waals surface area contributed by atoms with Gasteiger partial charge in [-0.15, -0.1) is 0 Å². The van der Waals surface area contributed by atoms with Gasteiger partial charge in [-0.1, -0.05) is 158 Å². The van der Waals surface area contributed by atoms with Crippen molar-refractivity contribution in [2.75, 3.05) is 4.90 Å². The number of fused-ring (bicyclic) bond motifs is 6. The minimum atomic E-state index is 0.880. The van der Waals surface area contributed by atoms with Crippen molar-refractivity contribution in [2.45, 2.75) is 0 Å². The van der Waals surface area contributed by atoms with E-state index in [1.165, 1.54) is 59.8 Å². The number of para-hydroxylation sites is 1. The SMILES string of the molecule is c1cc(-c2ccc3cc(N(c4ccc(-c5cccc6ccccc56)cc4)c4cc5ccccc5c5ccccc45)ccc3c2)cc(-c2cc3ccccc3o2)c1. The molecule has 11 rings (SSSR count). The van der Waals surface area contributed by atoms with Crippen LogP contribution in [0.25, 0.3) is 87.6 Å². The Balaban J connectivity index is 1.03. The van der Waals surface area contributed by atoms with E-state index in [1.54, 1.807) is 0 Å². The molecule has 0 aliphatic rings. The van der Waals surface area contributed by atoms with E-state index in [9.17, 15) is 0 Å². The Kier molecular flexibility index (Phi) is 7.53. The zero-order valence-corrected chi connectivity index (χ0v) is 30.6. The molecule has 0 atom stereocenters. The molecule has 262 valence electrons. The van der Waals surface area contributed by atoms with Crippen LogP contribution in [0.5, 0.6) is 0 Å². The topological polar surface area (TPSA) is 16.4 Å². The molecule has 1 aromatic heterocycles. The second-order valence-corrected chi connectivity index (χ2v) is 14.5. The molecule has 0 saturated heterocycles. The van der Waals surface area contributed by atoms with Crippen LogP contribution >= 0.6 is 0 Å². The van der Waals surface area contributed by atoms with Crippen molar-refractivity contribution >= 4 is 71.1 Å². The monoisotopic (exact) mass is 713 g/mol. The van der Waals surface area contributed by atoms with E-state index >= 15 is 0 Å². The van der Waals surface area contributed by atoms with E-state index in [0.29, 0.717) is 0 Å². The van der Waals surface area contributed by atoms with Crippen LogP contribution in [0.4, 0.5) is 17.1 Å². The lowest BCUT2D eigenvalue weighted by Crippen LogP contribution is -2.10. The summed E-state index contributed by atoms with van der Waals surface area (Å²) in [7, 11) is 0. The number of anilines is 3. The first-order valence-electron chi connectivity index (χ1n) is 19.2. The summed E-state index contributed by atoms with van der Waals surface area (Å²) < 4.78 is 6.22. The fourth-order valence-electron chi connectivity index (χ4n) is 8.44. The maximum atomic E-state index is 6.22. The number of nitrogens with zero attached hydrogens (tertiary/aromatic N) is 1. The normalized spacial score (nSPS) is 11.6. The minimum absolute atomic E-state index is 0.880. The first-order valence-corrected chi connectivity index (χ1v) is 19.2. The van der Waals surface area contributed by atoms with Crippen LogP contribution in [0.15, 0.2) is 217 Å². The summed E-state index contributed by atoms with van der Waals surface area (Å²) in [5.41, 5.74) is 10.1. The molecule has 0 N–H and O–H groups in total. The van der Waals surface area contributed by atoms with Gasteiger partial charge in [0.25, 0.3) is 0 Å². The molecule has 2 nitrogen and oxygen atoms in total. The Morgan fingerprint density at radius 1 is 0.304 bits per heavy atom. The lowest BCUT2D eigenvalue weighted by atomic mass is 9.96. The summed E-state index contributed by atoms with van der Waals surface area (Å²) in [6.45, 7) is 0. The Morgan fingerprint density at radius 2 is 0.911 bits per heavy atom. The molecule has 0 radical (unpaired) electrons. The zero-order chi connectivity index (χ0) is 37.0. The summed E-state index contributed by atoms with van der Waals surface area (Å²) in [5, 5.41) is 10.9. The molecule has 1 heterocycles. The van der Waals surface area contributed by atoms with Gasteiger partial charge in [-0.05, 0) is 115 Å². The van der Waals surface area contributed by atoms with Gasteiger partial charge in [0, 0.05) is 27.7 Å². The third-order valence-corrected chi connectivity index (χ3v) is 11.2. The zero-order valence-electron chi connectivity index (χ0n) is 30.6. The quantitative estimate of drug-likeness (QED) is 0.160. The highest BCUT2D eigenvalue weighted by atomic mass is 16.3. The minimum Gasteiger partial charge on any atom is -0.456 e. The van der Waals surface area contributed by atoms with Crippen LogP contribution in [-0.4, -0.2) is 0 Å². The largest absolute Gasteiger partial charge is 0.456 e. The highest BCUT2D eigenvalue weighted by Gasteiger charge is 2.18. The van der Waals surface area contributed by atoms with Crippen LogP contribution in [0.1, 0.15) is 0 Å². The van der Waals surface area contributed by atoms with Crippen LogP contribution in [0.2, 0.25) is 0 Å². The molecule has 11 aromatic rings. The van der Waals surface area contributed by atoms with Crippen LogP contribution in [-0.2, 0) is 0 Å². The smallest absolute Gasteiger partial charge is 0.135 e. The van der Waals surface area contributed by atoms with Crippen molar-refractivity contribution in [3.63, 3.8) is 0 Å². The lowest BCUT2D eigenvalue weighted by Gasteiger charge is -2.28. The second-order valence-electron chi connectivity index (χ2n) is 14.5. The highest BCUT2D eigenvalue weighted by Crippen LogP contribution is 2.44. The predicted molar refractivity (Wildman–Crippen MR) is 237 cm³/mol. The fourth-order valence-corrected chi connectivity index (χ4v) is 8.44. The Hall–Kier alpha value is -7.42. The van der Waals surface area contributed by atoms with Gasteiger partial charge in [-0.2, -0.15) is 0 Å².